The van der Waals surface area contributed by atoms with Crippen molar-refractivity contribution in [1.82, 2.24) is 0 Å². The third kappa shape index (κ3) is 5.48. The second-order valence-electron chi connectivity index (χ2n) is 3.85. The van der Waals surface area contributed by atoms with E-state index in [-0.39, 0.29) is 0 Å². The first-order valence-electron chi connectivity index (χ1n) is 6.28. The fourth-order valence-electron chi connectivity index (χ4n) is 1.43. The molecule has 0 radical (unpaired) electrons. The Balaban J connectivity index is 0.000000861. The molecule has 0 fully saturated rings. The molecule has 0 N–H and O–H groups in total. The van der Waals surface area contributed by atoms with Crippen LogP contribution in [0.5, 0.6) is 0 Å². The van der Waals surface area contributed by atoms with Crippen molar-refractivity contribution < 1.29 is 0 Å². The second kappa shape index (κ2) is 8.52. The third-order valence-corrected chi connectivity index (χ3v) is 4.23. The molecule has 2 rings (SSSR count). The van der Waals surface area contributed by atoms with Gasteiger partial charge in [-0.05, 0) is 36.8 Å². The van der Waals surface area contributed by atoms with Gasteiger partial charge in [0.1, 0.15) is 0 Å². The molecule has 0 aliphatic rings. The molecule has 0 spiro atoms. The zero-order chi connectivity index (χ0) is 14.3. The number of rotatable bonds is 3. The second-order valence-corrected chi connectivity index (χ2v) is 5.71. The molecule has 0 saturated carbocycles. The van der Waals surface area contributed by atoms with Gasteiger partial charge in [-0.15, -0.1) is 11.8 Å². The van der Waals surface area contributed by atoms with Gasteiger partial charge in [0.05, 0.1) is 10.0 Å². The fourth-order valence-corrected chi connectivity index (χ4v) is 2.59. The molecule has 0 saturated heterocycles. The molecular weight excluding hydrogens is 295 g/mol. The van der Waals surface area contributed by atoms with Crippen LogP contribution >= 0.6 is 35.0 Å². The van der Waals surface area contributed by atoms with Crippen LogP contribution in [0.2, 0.25) is 10.0 Å². The van der Waals surface area contributed by atoms with E-state index in [4.69, 9.17) is 23.2 Å². The Morgan fingerprint density at radius 2 is 1.53 bits per heavy atom. The lowest BCUT2D eigenvalue weighted by molar-refractivity contribution is 1.35. The monoisotopic (exact) mass is 312 g/mol. The SMILES string of the molecule is CC.Cc1ccc(SCc2ccc(Cl)c(Cl)c2)cc1. The molecule has 3 heteroatoms. The van der Waals surface area contributed by atoms with Crippen molar-refractivity contribution in [3.8, 4) is 0 Å². The fraction of sp³-hybridized carbons (Fsp3) is 0.250. The number of benzene rings is 2. The van der Waals surface area contributed by atoms with E-state index in [1.807, 2.05) is 32.0 Å². The predicted molar refractivity (Wildman–Crippen MR) is 88.6 cm³/mol. The summed E-state index contributed by atoms with van der Waals surface area (Å²) in [5.41, 5.74) is 2.47. The van der Waals surface area contributed by atoms with Crippen LogP contribution < -0.4 is 0 Å². The maximum Gasteiger partial charge on any atom is 0.0595 e. The highest BCUT2D eigenvalue weighted by molar-refractivity contribution is 7.98. The normalized spacial score (nSPS) is 9.74. The van der Waals surface area contributed by atoms with Crippen LogP contribution in [0.3, 0.4) is 0 Å². The largest absolute Gasteiger partial charge is 0.121 e. The van der Waals surface area contributed by atoms with Gasteiger partial charge in [-0.1, -0.05) is 60.8 Å². The summed E-state index contributed by atoms with van der Waals surface area (Å²) in [6, 6.07) is 14.3. The van der Waals surface area contributed by atoms with Gasteiger partial charge in [0.15, 0.2) is 0 Å². The molecule has 19 heavy (non-hydrogen) atoms. The summed E-state index contributed by atoms with van der Waals surface area (Å²) in [5, 5.41) is 1.23. The molecule has 102 valence electrons. The molecule has 2 aromatic carbocycles. The molecule has 0 aliphatic heterocycles. The van der Waals surface area contributed by atoms with E-state index in [0.29, 0.717) is 10.0 Å². The van der Waals surface area contributed by atoms with Crippen molar-refractivity contribution in [2.75, 3.05) is 0 Å². The summed E-state index contributed by atoms with van der Waals surface area (Å²) in [4.78, 5) is 1.27. The highest BCUT2D eigenvalue weighted by Crippen LogP contribution is 2.27. The van der Waals surface area contributed by atoms with E-state index in [0.717, 1.165) is 5.75 Å². The predicted octanol–water partition coefficient (Wildman–Crippen LogP) is 6.62. The van der Waals surface area contributed by atoms with Crippen molar-refractivity contribution in [3.05, 3.63) is 63.6 Å². The van der Waals surface area contributed by atoms with Gasteiger partial charge in [0, 0.05) is 10.6 Å². The molecule has 0 bridgehead atoms. The van der Waals surface area contributed by atoms with Crippen LogP contribution in [-0.4, -0.2) is 0 Å². The zero-order valence-electron chi connectivity index (χ0n) is 11.4. The quantitative estimate of drug-likeness (QED) is 0.574. The molecule has 0 amide bonds. The highest BCUT2D eigenvalue weighted by Gasteiger charge is 2.00. The zero-order valence-corrected chi connectivity index (χ0v) is 13.7. The van der Waals surface area contributed by atoms with Crippen LogP contribution in [0.15, 0.2) is 47.4 Å². The topological polar surface area (TPSA) is 0 Å². The number of hydrogen-bond donors (Lipinski definition) is 0. The Kier molecular flexibility index (Phi) is 7.37. The van der Waals surface area contributed by atoms with Gasteiger partial charge in [0.25, 0.3) is 0 Å². The molecule has 0 aliphatic carbocycles. The number of hydrogen-bond acceptors (Lipinski definition) is 1. The summed E-state index contributed by atoms with van der Waals surface area (Å²) < 4.78 is 0. The average molecular weight is 313 g/mol. The lowest BCUT2D eigenvalue weighted by Crippen LogP contribution is -1.81. The lowest BCUT2D eigenvalue weighted by atomic mass is 10.2. The van der Waals surface area contributed by atoms with E-state index < -0.39 is 0 Å². The smallest absolute Gasteiger partial charge is 0.0595 e. The maximum atomic E-state index is 5.98. The van der Waals surface area contributed by atoms with Crippen molar-refractivity contribution >= 4 is 35.0 Å². The van der Waals surface area contributed by atoms with Crippen LogP contribution in [0.25, 0.3) is 0 Å². The first-order valence-corrected chi connectivity index (χ1v) is 8.03. The van der Waals surface area contributed by atoms with Crippen LogP contribution in [-0.2, 0) is 5.75 Å². The number of halogens is 2. The van der Waals surface area contributed by atoms with Crippen molar-refractivity contribution in [2.45, 2.75) is 31.4 Å². The minimum absolute atomic E-state index is 0.607. The Morgan fingerprint density at radius 1 is 0.895 bits per heavy atom. The van der Waals surface area contributed by atoms with E-state index in [2.05, 4.69) is 31.2 Å². The highest BCUT2D eigenvalue weighted by atomic mass is 35.5. The number of aryl methyl sites for hydroxylation is 1. The molecule has 0 nitrogen and oxygen atoms in total. The van der Waals surface area contributed by atoms with Crippen LogP contribution in [0.4, 0.5) is 0 Å². The van der Waals surface area contributed by atoms with Gasteiger partial charge in [-0.2, -0.15) is 0 Å². The Morgan fingerprint density at radius 3 is 2.11 bits per heavy atom. The molecule has 0 unspecified atom stereocenters. The number of thioether (sulfide) groups is 1. The summed E-state index contributed by atoms with van der Waals surface area (Å²) >= 11 is 13.6. The van der Waals surface area contributed by atoms with E-state index >= 15 is 0 Å². The molecule has 0 heterocycles. The van der Waals surface area contributed by atoms with E-state index in [1.165, 1.54) is 16.0 Å². The van der Waals surface area contributed by atoms with Crippen molar-refractivity contribution in [3.63, 3.8) is 0 Å². The third-order valence-electron chi connectivity index (χ3n) is 2.41. The first-order chi connectivity index (χ1) is 9.15. The van der Waals surface area contributed by atoms with Gasteiger partial charge in [-0.25, -0.2) is 0 Å². The van der Waals surface area contributed by atoms with E-state index in [9.17, 15) is 0 Å². The summed E-state index contributed by atoms with van der Waals surface area (Å²) in [6.45, 7) is 6.09. The first kappa shape index (κ1) is 16.4. The Hall–Kier alpha value is -0.630. The Bertz CT molecular complexity index is 507. The Labute approximate surface area is 130 Å². The summed E-state index contributed by atoms with van der Waals surface area (Å²) in [7, 11) is 0. The summed E-state index contributed by atoms with van der Waals surface area (Å²) in [6.07, 6.45) is 0. The van der Waals surface area contributed by atoms with Gasteiger partial charge >= 0.3 is 0 Å². The van der Waals surface area contributed by atoms with Gasteiger partial charge in [0.2, 0.25) is 0 Å². The average Bonchev–Trinajstić information content (AvgIpc) is 2.44. The van der Waals surface area contributed by atoms with Gasteiger partial charge < -0.3 is 0 Å². The molecule has 2 aromatic rings. The van der Waals surface area contributed by atoms with Crippen LogP contribution in [0.1, 0.15) is 25.0 Å². The lowest BCUT2D eigenvalue weighted by Gasteiger charge is -2.04. The van der Waals surface area contributed by atoms with Crippen LogP contribution in [0, 0.1) is 6.92 Å². The molecule has 0 atom stereocenters. The molecular formula is C16H18Cl2S. The maximum absolute atomic E-state index is 5.98. The summed E-state index contributed by atoms with van der Waals surface area (Å²) in [5.74, 6) is 0.903. The van der Waals surface area contributed by atoms with Crippen molar-refractivity contribution in [1.29, 1.82) is 0 Å². The van der Waals surface area contributed by atoms with Gasteiger partial charge in [-0.3, -0.25) is 0 Å². The minimum atomic E-state index is 0.607. The standard InChI is InChI=1S/C14H12Cl2S.C2H6/c1-10-2-5-12(6-3-10)17-9-11-4-7-13(15)14(16)8-11;1-2/h2-8H,9H2,1H3;1-2H3. The van der Waals surface area contributed by atoms with Crippen molar-refractivity contribution in [2.24, 2.45) is 0 Å². The molecule has 0 aromatic heterocycles. The van der Waals surface area contributed by atoms with E-state index in [1.54, 1.807) is 11.8 Å². The minimum Gasteiger partial charge on any atom is -0.121 e.